The SMILES string of the molecule is C=S=S(=O)(CC)C(C)=O. The Kier molecular flexibility index (Phi) is 3.14. The van der Waals surface area contributed by atoms with E-state index in [1.165, 1.54) is 6.92 Å². The van der Waals surface area contributed by atoms with Crippen LogP contribution in [0.3, 0.4) is 0 Å². The summed E-state index contributed by atoms with van der Waals surface area (Å²) in [4.78, 5) is 10.6. The number of hydrogen-bond acceptors (Lipinski definition) is 2. The molecule has 0 spiro atoms. The molecule has 0 aliphatic heterocycles. The maximum absolute atomic E-state index is 11.2. The van der Waals surface area contributed by atoms with E-state index in [0.717, 1.165) is 9.91 Å². The van der Waals surface area contributed by atoms with E-state index in [2.05, 4.69) is 5.87 Å². The summed E-state index contributed by atoms with van der Waals surface area (Å²) in [6, 6.07) is 0. The van der Waals surface area contributed by atoms with Crippen molar-refractivity contribution in [2.45, 2.75) is 13.8 Å². The largest absolute Gasteiger partial charge is 0.285 e. The zero-order chi connectivity index (χ0) is 7.49. The standard InChI is InChI=1S/C5H10O2S2/c1-4-9(7,8-3)5(2)6/h3-4H2,1-2H3. The second-order valence-electron chi connectivity index (χ2n) is 1.51. The van der Waals surface area contributed by atoms with Gasteiger partial charge in [-0.15, -0.1) is 0 Å². The van der Waals surface area contributed by atoms with E-state index in [-0.39, 0.29) is 5.12 Å². The van der Waals surface area contributed by atoms with Gasteiger partial charge in [-0.1, -0.05) is 16.8 Å². The van der Waals surface area contributed by atoms with Crippen molar-refractivity contribution in [1.82, 2.24) is 0 Å². The van der Waals surface area contributed by atoms with Gasteiger partial charge in [-0.05, 0) is 5.87 Å². The van der Waals surface area contributed by atoms with Crippen molar-refractivity contribution in [2.75, 3.05) is 5.75 Å². The summed E-state index contributed by atoms with van der Waals surface area (Å²) in [6.45, 7) is 3.06. The summed E-state index contributed by atoms with van der Waals surface area (Å²) in [5.74, 6) is 3.76. The molecule has 4 heteroatoms. The van der Waals surface area contributed by atoms with Gasteiger partial charge in [0.15, 0.2) is 0 Å². The summed E-state index contributed by atoms with van der Waals surface area (Å²) in [5.41, 5.74) is 0. The molecule has 0 saturated carbocycles. The molecule has 0 rings (SSSR count). The fraction of sp³-hybridized carbons (Fsp3) is 0.600. The first kappa shape index (κ1) is 8.91. The van der Waals surface area contributed by atoms with Crippen LogP contribution in [0.5, 0.6) is 0 Å². The van der Waals surface area contributed by atoms with Crippen molar-refractivity contribution >= 4 is 29.4 Å². The molecule has 0 aliphatic rings. The third-order valence-electron chi connectivity index (χ3n) is 1.01. The molecule has 9 heavy (non-hydrogen) atoms. The number of rotatable bonds is 1. The van der Waals surface area contributed by atoms with Gasteiger partial charge in [0.25, 0.3) is 0 Å². The van der Waals surface area contributed by atoms with Gasteiger partial charge in [-0.3, -0.25) is 4.79 Å². The molecule has 54 valence electrons. The first-order valence-electron chi connectivity index (χ1n) is 2.53. The fourth-order valence-corrected chi connectivity index (χ4v) is 2.11. The number of carbonyl (C=O) groups excluding carboxylic acids is 1. The van der Waals surface area contributed by atoms with E-state index in [1.54, 1.807) is 6.92 Å². The predicted octanol–water partition coefficient (Wildman–Crippen LogP) is 0.267. The summed E-state index contributed by atoms with van der Waals surface area (Å²) in [5, 5.41) is -0.259. The van der Waals surface area contributed by atoms with Crippen molar-refractivity contribution in [3.8, 4) is 0 Å². The van der Waals surface area contributed by atoms with Crippen LogP contribution in [0.1, 0.15) is 13.8 Å². The maximum atomic E-state index is 11.2. The second-order valence-corrected chi connectivity index (χ2v) is 6.45. The van der Waals surface area contributed by atoms with Crippen LogP contribution in [0.2, 0.25) is 0 Å². The summed E-state index contributed by atoms with van der Waals surface area (Å²) in [6.07, 6.45) is 0. The topological polar surface area (TPSA) is 34.1 Å². The van der Waals surface area contributed by atoms with E-state index in [9.17, 15) is 9.00 Å². The summed E-state index contributed by atoms with van der Waals surface area (Å²) >= 11 is 0. The lowest BCUT2D eigenvalue weighted by Crippen LogP contribution is -2.11. The fourth-order valence-electron chi connectivity index (χ4n) is 0.370. The van der Waals surface area contributed by atoms with Gasteiger partial charge in [-0.2, -0.15) is 0 Å². The summed E-state index contributed by atoms with van der Waals surface area (Å²) in [7, 11) is -1.41. The van der Waals surface area contributed by atoms with Crippen LogP contribution >= 0.6 is 0 Å². The van der Waals surface area contributed by atoms with Crippen molar-refractivity contribution in [3.05, 3.63) is 0 Å². The third-order valence-corrected chi connectivity index (χ3v) is 5.58. The van der Waals surface area contributed by atoms with Gasteiger partial charge in [0, 0.05) is 12.7 Å². The minimum atomic E-state index is -2.31. The molecule has 0 aliphatic carbocycles. The predicted molar refractivity (Wildman–Crippen MR) is 43.9 cm³/mol. The molecule has 1 unspecified atom stereocenters. The second kappa shape index (κ2) is 3.17. The van der Waals surface area contributed by atoms with E-state index in [0.29, 0.717) is 5.75 Å². The van der Waals surface area contributed by atoms with Crippen molar-refractivity contribution < 1.29 is 9.00 Å². The highest BCUT2D eigenvalue weighted by molar-refractivity contribution is 8.45. The van der Waals surface area contributed by atoms with Gasteiger partial charge in [0.05, 0.1) is 8.49 Å². The van der Waals surface area contributed by atoms with Crippen LogP contribution in [0.25, 0.3) is 0 Å². The van der Waals surface area contributed by atoms with E-state index < -0.39 is 8.49 Å². The van der Waals surface area contributed by atoms with Gasteiger partial charge in [0.2, 0.25) is 5.12 Å². The van der Waals surface area contributed by atoms with Crippen molar-refractivity contribution in [2.24, 2.45) is 0 Å². The van der Waals surface area contributed by atoms with E-state index >= 15 is 0 Å². The highest BCUT2D eigenvalue weighted by Gasteiger charge is 2.07. The van der Waals surface area contributed by atoms with Crippen LogP contribution in [-0.2, 0) is 23.2 Å². The minimum absolute atomic E-state index is 0.259. The van der Waals surface area contributed by atoms with Crippen LogP contribution in [0.4, 0.5) is 0 Å². The molecule has 1 atom stereocenters. The smallest absolute Gasteiger partial charge is 0.216 e. The monoisotopic (exact) mass is 166 g/mol. The van der Waals surface area contributed by atoms with Gasteiger partial charge in [0.1, 0.15) is 0 Å². The molecule has 0 aromatic carbocycles. The Morgan fingerprint density at radius 1 is 1.78 bits per heavy atom. The van der Waals surface area contributed by atoms with Gasteiger partial charge in [-0.25, -0.2) is 4.21 Å². The molecular weight excluding hydrogens is 156 g/mol. The van der Waals surface area contributed by atoms with Crippen LogP contribution < -0.4 is 0 Å². The molecule has 0 aromatic heterocycles. The van der Waals surface area contributed by atoms with E-state index in [1.807, 2.05) is 0 Å². The average molecular weight is 166 g/mol. The Morgan fingerprint density at radius 2 is 2.22 bits per heavy atom. The molecule has 2 nitrogen and oxygen atoms in total. The Bertz CT molecular complexity index is 242. The zero-order valence-electron chi connectivity index (χ0n) is 5.55. The highest BCUT2D eigenvalue weighted by atomic mass is 32.9. The Morgan fingerprint density at radius 3 is 2.22 bits per heavy atom. The van der Waals surface area contributed by atoms with Crippen molar-refractivity contribution in [3.63, 3.8) is 0 Å². The highest BCUT2D eigenvalue weighted by Crippen LogP contribution is 1.91. The third kappa shape index (κ3) is 1.95. The number of carbonyl (C=O) groups is 1. The summed E-state index contributed by atoms with van der Waals surface area (Å²) < 4.78 is 11.2. The lowest BCUT2D eigenvalue weighted by Gasteiger charge is -1.95. The normalized spacial score (nSPS) is 16.2. The Labute approximate surface area is 58.5 Å². The molecule has 0 saturated heterocycles. The van der Waals surface area contributed by atoms with E-state index in [4.69, 9.17) is 0 Å². The zero-order valence-corrected chi connectivity index (χ0v) is 7.18. The Hall–Kier alpha value is -0.0900. The first-order valence-corrected chi connectivity index (χ1v) is 5.76. The quantitative estimate of drug-likeness (QED) is 0.524. The minimum Gasteiger partial charge on any atom is -0.285 e. The molecule has 0 fully saturated rings. The molecule has 0 bridgehead atoms. The van der Waals surface area contributed by atoms with Crippen LogP contribution in [0, 0.1) is 0 Å². The lowest BCUT2D eigenvalue weighted by atomic mass is 10.9. The van der Waals surface area contributed by atoms with Crippen molar-refractivity contribution in [1.29, 1.82) is 0 Å². The molecule has 0 heterocycles. The lowest BCUT2D eigenvalue weighted by molar-refractivity contribution is -0.109. The van der Waals surface area contributed by atoms with Crippen LogP contribution in [-0.4, -0.2) is 20.9 Å². The van der Waals surface area contributed by atoms with Gasteiger partial charge >= 0.3 is 0 Å². The Balaban J connectivity index is 5.00. The molecule has 0 N–H and O–H groups in total. The van der Waals surface area contributed by atoms with Gasteiger partial charge < -0.3 is 0 Å². The first-order chi connectivity index (χ1) is 4.06. The maximum Gasteiger partial charge on any atom is 0.216 e. The number of hydrogen-bond donors (Lipinski definition) is 0. The molecule has 0 amide bonds. The average Bonchev–Trinajstić information content (AvgIpc) is 1.86. The molecular formula is C5H10O2S2. The molecule has 0 aromatic rings. The van der Waals surface area contributed by atoms with Crippen LogP contribution in [0.15, 0.2) is 0 Å². The molecule has 0 radical (unpaired) electrons.